The van der Waals surface area contributed by atoms with Gasteiger partial charge in [-0.05, 0) is 55.7 Å². The summed E-state index contributed by atoms with van der Waals surface area (Å²) < 4.78 is 5.58. The van der Waals surface area contributed by atoms with Crippen LogP contribution >= 0.6 is 0 Å². The minimum atomic E-state index is 0.183. The predicted octanol–water partition coefficient (Wildman–Crippen LogP) is 3.08. The first-order valence-corrected chi connectivity index (χ1v) is 6.37. The summed E-state index contributed by atoms with van der Waals surface area (Å²) in [4.78, 5) is 0. The van der Waals surface area contributed by atoms with Gasteiger partial charge in [-0.3, -0.25) is 0 Å². The van der Waals surface area contributed by atoms with Gasteiger partial charge in [-0.25, -0.2) is 0 Å². The summed E-state index contributed by atoms with van der Waals surface area (Å²) in [7, 11) is 1.76. The first-order valence-electron chi connectivity index (χ1n) is 6.37. The van der Waals surface area contributed by atoms with Crippen molar-refractivity contribution in [1.82, 2.24) is 0 Å². The normalized spacial score (nSPS) is 28.4. The number of hydrogen-bond donors (Lipinski definition) is 1. The van der Waals surface area contributed by atoms with Crippen LogP contribution in [0.3, 0.4) is 0 Å². The van der Waals surface area contributed by atoms with Crippen molar-refractivity contribution >= 4 is 0 Å². The quantitative estimate of drug-likeness (QED) is 0.852. The molecule has 0 amide bonds. The second-order valence-electron chi connectivity index (χ2n) is 5.72. The maximum absolute atomic E-state index is 6.08. The molecule has 1 aromatic rings. The maximum atomic E-state index is 6.08. The Hall–Kier alpha value is -1.02. The zero-order valence-corrected chi connectivity index (χ0v) is 11.3. The molecule has 0 aromatic heterocycles. The van der Waals surface area contributed by atoms with Crippen LogP contribution in [-0.4, -0.2) is 13.2 Å². The van der Waals surface area contributed by atoms with Gasteiger partial charge in [-0.1, -0.05) is 13.0 Å². The second kappa shape index (κ2) is 4.34. The van der Waals surface area contributed by atoms with Crippen molar-refractivity contribution in [2.75, 3.05) is 7.11 Å². The molecule has 1 aliphatic carbocycles. The Balaban J connectivity index is 2.51. The molecule has 0 aliphatic heterocycles. The summed E-state index contributed by atoms with van der Waals surface area (Å²) in [6, 6.07) is 4.72. The smallest absolute Gasteiger partial charge is 0.123 e. The van der Waals surface area contributed by atoms with E-state index in [0.29, 0.717) is 6.04 Å². The third-order valence-corrected chi connectivity index (χ3v) is 4.05. The van der Waals surface area contributed by atoms with Crippen LogP contribution in [0.25, 0.3) is 0 Å². The van der Waals surface area contributed by atoms with Crippen LogP contribution in [0.4, 0.5) is 0 Å². The molecule has 2 rings (SSSR count). The summed E-state index contributed by atoms with van der Waals surface area (Å²) in [6.07, 6.45) is 3.34. The van der Waals surface area contributed by atoms with E-state index in [0.717, 1.165) is 25.0 Å². The van der Waals surface area contributed by atoms with Crippen molar-refractivity contribution < 1.29 is 4.74 Å². The molecule has 1 saturated carbocycles. The lowest BCUT2D eigenvalue weighted by atomic mass is 9.77. The van der Waals surface area contributed by atoms with Crippen molar-refractivity contribution in [2.24, 2.45) is 5.73 Å². The number of aryl methyl sites for hydroxylation is 2. The van der Waals surface area contributed by atoms with E-state index >= 15 is 0 Å². The Kier molecular flexibility index (Phi) is 3.17. The van der Waals surface area contributed by atoms with Crippen LogP contribution in [0.5, 0.6) is 5.75 Å². The Morgan fingerprint density at radius 1 is 1.35 bits per heavy atom. The van der Waals surface area contributed by atoms with Crippen molar-refractivity contribution in [3.8, 4) is 5.75 Å². The Labute approximate surface area is 104 Å². The van der Waals surface area contributed by atoms with Crippen molar-refractivity contribution in [3.05, 3.63) is 28.8 Å². The largest absolute Gasteiger partial charge is 0.496 e. The van der Waals surface area contributed by atoms with Gasteiger partial charge in [0.2, 0.25) is 0 Å². The fourth-order valence-corrected chi connectivity index (χ4v) is 3.38. The van der Waals surface area contributed by atoms with E-state index in [1.807, 2.05) is 0 Å². The molecule has 17 heavy (non-hydrogen) atoms. The highest BCUT2D eigenvalue weighted by Crippen LogP contribution is 2.45. The summed E-state index contributed by atoms with van der Waals surface area (Å²) in [5.41, 5.74) is 10.2. The Bertz CT molecular complexity index is 427. The van der Waals surface area contributed by atoms with E-state index in [9.17, 15) is 0 Å². The Morgan fingerprint density at radius 2 is 2.06 bits per heavy atom. The summed E-state index contributed by atoms with van der Waals surface area (Å²) in [5.74, 6) is 1.03. The van der Waals surface area contributed by atoms with Gasteiger partial charge >= 0.3 is 0 Å². The Morgan fingerprint density at radius 3 is 2.59 bits per heavy atom. The molecule has 2 heteroatoms. The molecule has 2 atom stereocenters. The monoisotopic (exact) mass is 233 g/mol. The van der Waals surface area contributed by atoms with Crippen molar-refractivity contribution in [3.63, 3.8) is 0 Å². The highest BCUT2D eigenvalue weighted by atomic mass is 16.5. The van der Waals surface area contributed by atoms with Crippen LogP contribution in [0, 0.1) is 13.8 Å². The van der Waals surface area contributed by atoms with Crippen LogP contribution in [0.1, 0.15) is 42.9 Å². The summed E-state index contributed by atoms with van der Waals surface area (Å²) in [6.45, 7) is 6.61. The van der Waals surface area contributed by atoms with Gasteiger partial charge < -0.3 is 10.5 Å². The zero-order chi connectivity index (χ0) is 12.6. The van der Waals surface area contributed by atoms with Gasteiger partial charge in [-0.15, -0.1) is 0 Å². The first kappa shape index (κ1) is 12.4. The van der Waals surface area contributed by atoms with E-state index in [4.69, 9.17) is 10.5 Å². The average molecular weight is 233 g/mol. The maximum Gasteiger partial charge on any atom is 0.123 e. The molecule has 94 valence electrons. The fraction of sp³-hybridized carbons (Fsp3) is 0.600. The molecular formula is C15H23NO. The third kappa shape index (κ3) is 2.19. The lowest BCUT2D eigenvalue weighted by Gasteiger charge is -2.29. The lowest BCUT2D eigenvalue weighted by molar-refractivity contribution is 0.383. The van der Waals surface area contributed by atoms with Gasteiger partial charge in [0.05, 0.1) is 7.11 Å². The summed E-state index contributed by atoms with van der Waals surface area (Å²) >= 11 is 0. The molecular weight excluding hydrogens is 210 g/mol. The van der Waals surface area contributed by atoms with Crippen molar-refractivity contribution in [2.45, 2.75) is 51.5 Å². The van der Waals surface area contributed by atoms with E-state index < -0.39 is 0 Å². The van der Waals surface area contributed by atoms with Crippen LogP contribution < -0.4 is 10.5 Å². The zero-order valence-electron chi connectivity index (χ0n) is 11.3. The number of benzene rings is 1. The average Bonchev–Trinajstić information content (AvgIpc) is 2.57. The van der Waals surface area contributed by atoms with E-state index in [1.165, 1.54) is 16.7 Å². The van der Waals surface area contributed by atoms with Gasteiger partial charge in [0.1, 0.15) is 5.75 Å². The minimum absolute atomic E-state index is 0.183. The van der Waals surface area contributed by atoms with E-state index in [1.54, 1.807) is 7.11 Å². The third-order valence-electron chi connectivity index (χ3n) is 4.05. The molecule has 2 unspecified atom stereocenters. The summed E-state index contributed by atoms with van der Waals surface area (Å²) in [5, 5.41) is 0. The van der Waals surface area contributed by atoms with Crippen LogP contribution in [0.2, 0.25) is 0 Å². The number of ether oxygens (including phenoxy) is 1. The second-order valence-corrected chi connectivity index (χ2v) is 5.72. The molecule has 0 saturated heterocycles. The highest BCUT2D eigenvalue weighted by molar-refractivity contribution is 5.48. The lowest BCUT2D eigenvalue weighted by Crippen LogP contribution is -2.24. The fourth-order valence-electron chi connectivity index (χ4n) is 3.38. The molecule has 1 fully saturated rings. The molecule has 2 nitrogen and oxygen atoms in total. The molecule has 1 aromatic carbocycles. The molecule has 2 N–H and O–H groups in total. The molecule has 0 heterocycles. The highest BCUT2D eigenvalue weighted by Gasteiger charge is 2.38. The van der Waals surface area contributed by atoms with Gasteiger partial charge in [0.15, 0.2) is 0 Å². The minimum Gasteiger partial charge on any atom is -0.496 e. The number of nitrogens with two attached hydrogens (primary N) is 1. The van der Waals surface area contributed by atoms with Crippen LogP contribution in [-0.2, 0) is 5.41 Å². The first-order chi connectivity index (χ1) is 7.96. The van der Waals surface area contributed by atoms with Crippen molar-refractivity contribution in [1.29, 1.82) is 0 Å². The molecule has 0 bridgehead atoms. The van der Waals surface area contributed by atoms with Gasteiger partial charge in [0, 0.05) is 11.6 Å². The molecule has 1 aliphatic rings. The topological polar surface area (TPSA) is 35.2 Å². The number of hydrogen-bond acceptors (Lipinski definition) is 2. The van der Waals surface area contributed by atoms with Gasteiger partial charge in [0.25, 0.3) is 0 Å². The van der Waals surface area contributed by atoms with E-state index in [-0.39, 0.29) is 5.41 Å². The standard InChI is InChI=1S/C15H23NO/c1-10-7-11(2)14(13(8-10)17-4)15(3)6-5-12(16)9-15/h7-8,12H,5-6,9,16H2,1-4H3. The number of methoxy groups -OCH3 is 1. The predicted molar refractivity (Wildman–Crippen MR) is 71.6 cm³/mol. The van der Waals surface area contributed by atoms with Gasteiger partial charge in [-0.2, -0.15) is 0 Å². The van der Waals surface area contributed by atoms with E-state index in [2.05, 4.69) is 32.9 Å². The SMILES string of the molecule is COc1cc(C)cc(C)c1C1(C)CCC(N)C1. The van der Waals surface area contributed by atoms with Crippen LogP contribution in [0.15, 0.2) is 12.1 Å². The molecule has 0 radical (unpaired) electrons. The molecule has 0 spiro atoms. The number of rotatable bonds is 2.